The topological polar surface area (TPSA) is 91.9 Å². The van der Waals surface area contributed by atoms with Gasteiger partial charge in [-0.25, -0.2) is 4.98 Å². The molecule has 2 saturated heterocycles. The Morgan fingerprint density at radius 3 is 2.49 bits per heavy atom. The van der Waals surface area contributed by atoms with Crippen molar-refractivity contribution in [1.82, 2.24) is 14.9 Å². The number of hydrogen-bond donors (Lipinski definition) is 2. The number of methoxy groups -OCH3 is 1. The third-order valence-corrected chi connectivity index (χ3v) is 9.13. The van der Waals surface area contributed by atoms with Gasteiger partial charge in [-0.15, -0.1) is 0 Å². The fraction of sp³-hybridized carbons (Fsp3) is 0.429. The molecule has 0 bridgehead atoms. The van der Waals surface area contributed by atoms with Gasteiger partial charge < -0.3 is 29.6 Å². The number of hydrogen-bond acceptors (Lipinski definition) is 9. The molecule has 0 unspecified atom stereocenters. The van der Waals surface area contributed by atoms with Gasteiger partial charge in [-0.3, -0.25) is 4.90 Å². The van der Waals surface area contributed by atoms with E-state index in [-0.39, 0.29) is 0 Å². The normalized spacial score (nSPS) is 17.2. The summed E-state index contributed by atoms with van der Waals surface area (Å²) in [5, 5.41) is 7.60. The number of rotatable bonds is 8. The van der Waals surface area contributed by atoms with Gasteiger partial charge in [0.05, 0.1) is 37.9 Å². The quantitative estimate of drug-likeness (QED) is 0.356. The lowest BCUT2D eigenvalue weighted by atomic mass is 10.0. The van der Waals surface area contributed by atoms with Crippen LogP contribution in [0, 0.1) is 0 Å². The van der Waals surface area contributed by atoms with Gasteiger partial charge in [-0.05, 0) is 50.4 Å². The zero-order valence-corrected chi connectivity index (χ0v) is 24.3. The van der Waals surface area contributed by atoms with Crippen LogP contribution in [0.3, 0.4) is 0 Å². The summed E-state index contributed by atoms with van der Waals surface area (Å²) in [6, 6.07) is 14.3. The molecule has 0 spiro atoms. The van der Waals surface area contributed by atoms with Crippen molar-refractivity contribution in [3.63, 3.8) is 0 Å². The standard InChI is InChI=1S/C28H36ClN6O3P/c1-37-25-18-21(34-12-10-20(11-13-34)35-14-16-38-17-15-35)8-9-23(25)32-28-30-19-22(29)27(33-28)31-24-6-4-5-7-26(24)39(2,3)36/h4-9,18-20H,10-17H2,1-3H3,(H2,30,31,32,33). The summed E-state index contributed by atoms with van der Waals surface area (Å²) in [5.74, 6) is 1.50. The van der Waals surface area contributed by atoms with E-state index < -0.39 is 7.14 Å². The van der Waals surface area contributed by atoms with Gasteiger partial charge in [-0.2, -0.15) is 4.98 Å². The van der Waals surface area contributed by atoms with Crippen LogP contribution in [0.25, 0.3) is 0 Å². The molecule has 0 atom stereocenters. The van der Waals surface area contributed by atoms with Crippen LogP contribution in [0.15, 0.2) is 48.7 Å². The molecule has 3 aromatic rings. The van der Waals surface area contributed by atoms with E-state index in [1.165, 1.54) is 0 Å². The van der Waals surface area contributed by atoms with Crippen LogP contribution in [0.4, 0.5) is 28.8 Å². The van der Waals surface area contributed by atoms with E-state index in [0.717, 1.165) is 68.9 Å². The third-order valence-electron chi connectivity index (χ3n) is 7.30. The first-order valence-electron chi connectivity index (χ1n) is 13.3. The predicted octanol–water partition coefficient (Wildman–Crippen LogP) is 5.17. The molecule has 1 aromatic heterocycles. The smallest absolute Gasteiger partial charge is 0.229 e. The minimum atomic E-state index is -2.51. The van der Waals surface area contributed by atoms with E-state index in [1.807, 2.05) is 30.3 Å². The third kappa shape index (κ3) is 6.67. The Balaban J connectivity index is 1.29. The van der Waals surface area contributed by atoms with Crippen LogP contribution in [-0.4, -0.2) is 80.7 Å². The monoisotopic (exact) mass is 570 g/mol. The zero-order chi connectivity index (χ0) is 27.4. The molecule has 2 N–H and O–H groups in total. The van der Waals surface area contributed by atoms with E-state index in [0.29, 0.717) is 34.3 Å². The second kappa shape index (κ2) is 12.1. The first-order valence-corrected chi connectivity index (χ1v) is 16.3. The van der Waals surface area contributed by atoms with Crippen molar-refractivity contribution in [2.45, 2.75) is 18.9 Å². The van der Waals surface area contributed by atoms with Gasteiger partial charge in [0.15, 0.2) is 5.82 Å². The van der Waals surface area contributed by atoms with Gasteiger partial charge in [-0.1, -0.05) is 23.7 Å². The highest BCUT2D eigenvalue weighted by Gasteiger charge is 2.26. The van der Waals surface area contributed by atoms with Crippen LogP contribution in [-0.2, 0) is 9.30 Å². The van der Waals surface area contributed by atoms with Crippen molar-refractivity contribution in [3.8, 4) is 5.75 Å². The van der Waals surface area contributed by atoms with Crippen molar-refractivity contribution in [2.24, 2.45) is 0 Å². The van der Waals surface area contributed by atoms with E-state index in [4.69, 9.17) is 21.1 Å². The van der Waals surface area contributed by atoms with Crippen molar-refractivity contribution in [3.05, 3.63) is 53.7 Å². The SMILES string of the molecule is COc1cc(N2CCC(N3CCOCC3)CC2)ccc1Nc1ncc(Cl)c(Nc2ccccc2P(C)(C)=O)n1. The van der Waals surface area contributed by atoms with E-state index in [1.54, 1.807) is 26.6 Å². The summed E-state index contributed by atoms with van der Waals surface area (Å²) in [7, 11) is -0.843. The maximum atomic E-state index is 12.8. The van der Waals surface area contributed by atoms with Crippen molar-refractivity contribution < 1.29 is 14.0 Å². The number of aromatic nitrogens is 2. The van der Waals surface area contributed by atoms with Crippen molar-refractivity contribution in [1.29, 1.82) is 0 Å². The van der Waals surface area contributed by atoms with Crippen molar-refractivity contribution in [2.75, 3.05) is 75.4 Å². The number of para-hydroxylation sites is 1. The van der Waals surface area contributed by atoms with Gasteiger partial charge in [0, 0.05) is 49.3 Å². The van der Waals surface area contributed by atoms with Gasteiger partial charge in [0.25, 0.3) is 0 Å². The predicted molar refractivity (Wildman–Crippen MR) is 160 cm³/mol. The Hall–Kier alpha value is -2.84. The summed E-state index contributed by atoms with van der Waals surface area (Å²) < 4.78 is 24.0. The highest BCUT2D eigenvalue weighted by atomic mass is 35.5. The van der Waals surface area contributed by atoms with Crippen LogP contribution < -0.4 is 25.6 Å². The molecule has 208 valence electrons. The molecule has 2 aliphatic heterocycles. The molecule has 2 fully saturated rings. The summed E-state index contributed by atoms with van der Waals surface area (Å²) in [6.45, 7) is 9.26. The zero-order valence-electron chi connectivity index (χ0n) is 22.7. The molecule has 0 radical (unpaired) electrons. The first-order chi connectivity index (χ1) is 18.8. The summed E-state index contributed by atoms with van der Waals surface area (Å²) in [4.78, 5) is 13.9. The van der Waals surface area contributed by atoms with Crippen LogP contribution in [0.5, 0.6) is 5.75 Å². The number of anilines is 5. The lowest BCUT2D eigenvalue weighted by molar-refractivity contribution is 0.0115. The van der Waals surface area contributed by atoms with Gasteiger partial charge in [0.2, 0.25) is 5.95 Å². The first kappa shape index (κ1) is 27.7. The lowest BCUT2D eigenvalue weighted by Gasteiger charge is -2.40. The number of nitrogens with zero attached hydrogens (tertiary/aromatic N) is 4. The Bertz CT molecular complexity index is 1340. The lowest BCUT2D eigenvalue weighted by Crippen LogP contribution is -2.49. The molecular weight excluding hydrogens is 535 g/mol. The van der Waals surface area contributed by atoms with Gasteiger partial charge >= 0.3 is 0 Å². The Kier molecular flexibility index (Phi) is 8.62. The maximum Gasteiger partial charge on any atom is 0.229 e. The summed E-state index contributed by atoms with van der Waals surface area (Å²) in [5.41, 5.74) is 2.60. The van der Waals surface area contributed by atoms with Crippen LogP contribution in [0.2, 0.25) is 5.02 Å². The summed E-state index contributed by atoms with van der Waals surface area (Å²) in [6.07, 6.45) is 3.83. The highest BCUT2D eigenvalue weighted by molar-refractivity contribution is 7.70. The van der Waals surface area contributed by atoms with E-state index in [9.17, 15) is 4.57 Å². The number of morpholine rings is 1. The summed E-state index contributed by atoms with van der Waals surface area (Å²) >= 11 is 6.42. The Morgan fingerprint density at radius 2 is 1.77 bits per heavy atom. The molecular formula is C28H36ClN6O3P. The molecule has 0 saturated carbocycles. The fourth-order valence-corrected chi connectivity index (χ4v) is 6.52. The molecule has 5 rings (SSSR count). The molecule has 2 aliphatic rings. The molecule has 3 heterocycles. The number of benzene rings is 2. The van der Waals surface area contributed by atoms with Crippen molar-refractivity contribution >= 4 is 52.9 Å². The van der Waals surface area contributed by atoms with Gasteiger partial charge in [0.1, 0.15) is 17.9 Å². The highest BCUT2D eigenvalue weighted by Crippen LogP contribution is 2.39. The van der Waals surface area contributed by atoms with E-state index >= 15 is 0 Å². The fourth-order valence-electron chi connectivity index (χ4n) is 5.22. The number of halogens is 1. The second-order valence-corrected chi connectivity index (χ2v) is 13.9. The van der Waals surface area contributed by atoms with E-state index in [2.05, 4.69) is 42.5 Å². The number of piperidine rings is 1. The minimum absolute atomic E-state index is 0.361. The molecule has 0 amide bonds. The largest absolute Gasteiger partial charge is 0.494 e. The molecule has 39 heavy (non-hydrogen) atoms. The van der Waals surface area contributed by atoms with Crippen LogP contribution in [0.1, 0.15) is 12.8 Å². The maximum absolute atomic E-state index is 12.8. The molecule has 0 aliphatic carbocycles. The average molecular weight is 571 g/mol. The molecule has 9 nitrogen and oxygen atoms in total. The molecule has 11 heteroatoms. The average Bonchev–Trinajstić information content (AvgIpc) is 2.95. The Morgan fingerprint density at radius 1 is 1.03 bits per heavy atom. The number of ether oxygens (including phenoxy) is 2. The molecule has 2 aromatic carbocycles. The Labute approximate surface area is 235 Å². The minimum Gasteiger partial charge on any atom is -0.494 e. The van der Waals surface area contributed by atoms with Crippen LogP contribution >= 0.6 is 18.7 Å². The number of nitrogens with one attached hydrogen (secondary N) is 2. The second-order valence-electron chi connectivity index (χ2n) is 10.3.